The van der Waals surface area contributed by atoms with Crippen LogP contribution in [0.4, 0.5) is 5.69 Å². The number of hydrogen-bond acceptors (Lipinski definition) is 2. The molecule has 0 saturated heterocycles. The van der Waals surface area contributed by atoms with Crippen LogP contribution in [0.5, 0.6) is 5.75 Å². The van der Waals surface area contributed by atoms with Crippen molar-refractivity contribution in [3.05, 3.63) is 83.9 Å². The molecule has 0 spiro atoms. The fourth-order valence-electron chi connectivity index (χ4n) is 2.58. The van der Waals surface area contributed by atoms with Crippen LogP contribution in [0.1, 0.15) is 18.1 Å². The smallest absolute Gasteiger partial charge is 0.135 e. The average molecular weight is 315 g/mol. The van der Waals surface area contributed by atoms with Crippen LogP contribution < -0.4 is 4.74 Å². The van der Waals surface area contributed by atoms with Crippen LogP contribution in [-0.2, 0) is 0 Å². The van der Waals surface area contributed by atoms with Crippen LogP contribution in [0.2, 0.25) is 0 Å². The first-order valence-electron chi connectivity index (χ1n) is 8.20. The van der Waals surface area contributed by atoms with Gasteiger partial charge in [0.15, 0.2) is 0 Å². The number of hydrogen-bond donors (Lipinski definition) is 0. The Labute approximate surface area is 143 Å². The van der Waals surface area contributed by atoms with Gasteiger partial charge in [-0.05, 0) is 37.6 Å². The lowest BCUT2D eigenvalue weighted by Crippen LogP contribution is -1.98. The molecule has 3 rings (SSSR count). The van der Waals surface area contributed by atoms with E-state index in [1.807, 2.05) is 55.6 Å². The summed E-state index contributed by atoms with van der Waals surface area (Å²) in [6.45, 7) is 4.70. The largest absolute Gasteiger partial charge is 0.493 e. The molecule has 0 radical (unpaired) electrons. The lowest BCUT2D eigenvalue weighted by Gasteiger charge is -2.13. The molecular weight excluding hydrogens is 294 g/mol. The quantitative estimate of drug-likeness (QED) is 0.544. The summed E-state index contributed by atoms with van der Waals surface area (Å²) in [5.41, 5.74) is 5.39. The van der Waals surface area contributed by atoms with Gasteiger partial charge < -0.3 is 4.74 Å². The number of aliphatic imine (C=N–C) groups is 1. The first-order chi connectivity index (χ1) is 11.8. The van der Waals surface area contributed by atoms with Gasteiger partial charge in [-0.1, -0.05) is 60.2 Å². The van der Waals surface area contributed by atoms with Crippen LogP contribution in [0.15, 0.2) is 77.8 Å². The minimum Gasteiger partial charge on any atom is -0.493 e. The summed E-state index contributed by atoms with van der Waals surface area (Å²) in [6, 6.07) is 24.6. The number of ether oxygens (including phenoxy) is 1. The topological polar surface area (TPSA) is 21.6 Å². The van der Waals surface area contributed by atoms with Crippen molar-refractivity contribution in [3.8, 4) is 16.9 Å². The Morgan fingerprint density at radius 3 is 2.33 bits per heavy atom. The summed E-state index contributed by atoms with van der Waals surface area (Å²) in [6.07, 6.45) is 1.88. The molecule has 0 unspecified atom stereocenters. The van der Waals surface area contributed by atoms with E-state index in [2.05, 4.69) is 42.2 Å². The Morgan fingerprint density at radius 1 is 0.875 bits per heavy atom. The van der Waals surface area contributed by atoms with Gasteiger partial charge in [0.2, 0.25) is 0 Å². The number of nitrogens with zero attached hydrogens (tertiary/aromatic N) is 1. The van der Waals surface area contributed by atoms with E-state index in [4.69, 9.17) is 4.74 Å². The van der Waals surface area contributed by atoms with Crippen molar-refractivity contribution >= 4 is 11.9 Å². The summed E-state index contributed by atoms with van der Waals surface area (Å²) in [5.74, 6) is 0.877. The van der Waals surface area contributed by atoms with E-state index < -0.39 is 0 Å². The van der Waals surface area contributed by atoms with Crippen LogP contribution in [0, 0.1) is 6.92 Å². The van der Waals surface area contributed by atoms with Crippen molar-refractivity contribution in [2.45, 2.75) is 13.8 Å². The zero-order valence-corrected chi connectivity index (χ0v) is 14.1. The molecule has 2 heteroatoms. The minimum absolute atomic E-state index is 0.620. The highest BCUT2D eigenvalue weighted by atomic mass is 16.5. The van der Waals surface area contributed by atoms with Crippen LogP contribution in [-0.4, -0.2) is 12.8 Å². The number of aryl methyl sites for hydroxylation is 1. The monoisotopic (exact) mass is 315 g/mol. The normalized spacial score (nSPS) is 10.9. The highest BCUT2D eigenvalue weighted by molar-refractivity contribution is 5.90. The van der Waals surface area contributed by atoms with Crippen LogP contribution in [0.25, 0.3) is 11.1 Å². The summed E-state index contributed by atoms with van der Waals surface area (Å²) < 4.78 is 5.94. The third-order valence-electron chi connectivity index (χ3n) is 3.81. The summed E-state index contributed by atoms with van der Waals surface area (Å²) in [4.78, 5) is 4.59. The van der Waals surface area contributed by atoms with Gasteiger partial charge in [0.25, 0.3) is 0 Å². The predicted molar refractivity (Wildman–Crippen MR) is 101 cm³/mol. The Hall–Kier alpha value is -2.87. The van der Waals surface area contributed by atoms with Gasteiger partial charge in [-0.25, -0.2) is 0 Å². The molecule has 0 saturated carbocycles. The van der Waals surface area contributed by atoms with E-state index in [1.165, 1.54) is 5.56 Å². The standard InChI is InChI=1S/C22H21NO/c1-3-24-22-19(16-23-20-14-12-17(2)13-15-20)10-7-11-21(22)18-8-5-4-6-9-18/h4-16H,3H2,1-2H3/b23-16+. The van der Waals surface area contributed by atoms with Gasteiger partial charge >= 0.3 is 0 Å². The maximum Gasteiger partial charge on any atom is 0.135 e. The molecule has 0 aliphatic carbocycles. The van der Waals surface area contributed by atoms with Gasteiger partial charge in [-0.3, -0.25) is 4.99 Å². The Kier molecular flexibility index (Phi) is 5.07. The summed E-state index contributed by atoms with van der Waals surface area (Å²) in [7, 11) is 0. The fraction of sp³-hybridized carbons (Fsp3) is 0.136. The van der Waals surface area contributed by atoms with E-state index in [-0.39, 0.29) is 0 Å². The summed E-state index contributed by atoms with van der Waals surface area (Å²) in [5, 5.41) is 0. The highest BCUT2D eigenvalue weighted by Crippen LogP contribution is 2.32. The third-order valence-corrected chi connectivity index (χ3v) is 3.81. The van der Waals surface area contributed by atoms with Crippen molar-refractivity contribution in [2.24, 2.45) is 4.99 Å². The van der Waals surface area contributed by atoms with Gasteiger partial charge in [-0.2, -0.15) is 0 Å². The first kappa shape index (κ1) is 16.0. The fourth-order valence-corrected chi connectivity index (χ4v) is 2.58. The van der Waals surface area contributed by atoms with E-state index in [1.54, 1.807) is 0 Å². The van der Waals surface area contributed by atoms with E-state index >= 15 is 0 Å². The van der Waals surface area contributed by atoms with E-state index in [9.17, 15) is 0 Å². The van der Waals surface area contributed by atoms with Gasteiger partial charge in [0, 0.05) is 17.3 Å². The third kappa shape index (κ3) is 3.72. The lowest BCUT2D eigenvalue weighted by molar-refractivity contribution is 0.341. The molecule has 0 fully saturated rings. The molecule has 0 amide bonds. The Morgan fingerprint density at radius 2 is 1.62 bits per heavy atom. The van der Waals surface area contributed by atoms with Crippen molar-refractivity contribution < 1.29 is 4.74 Å². The molecule has 0 heterocycles. The minimum atomic E-state index is 0.620. The molecule has 3 aromatic carbocycles. The van der Waals surface area contributed by atoms with Crippen molar-refractivity contribution in [3.63, 3.8) is 0 Å². The molecule has 120 valence electrons. The molecule has 0 aromatic heterocycles. The van der Waals surface area contributed by atoms with E-state index in [0.29, 0.717) is 6.61 Å². The maximum absolute atomic E-state index is 5.94. The summed E-state index contributed by atoms with van der Waals surface area (Å²) >= 11 is 0. The number of benzene rings is 3. The second kappa shape index (κ2) is 7.60. The first-order valence-corrected chi connectivity index (χ1v) is 8.20. The molecular formula is C22H21NO. The van der Waals surface area contributed by atoms with E-state index in [0.717, 1.165) is 28.1 Å². The number of para-hydroxylation sites is 1. The van der Waals surface area contributed by atoms with Crippen molar-refractivity contribution in [2.75, 3.05) is 6.61 Å². The average Bonchev–Trinajstić information content (AvgIpc) is 2.63. The zero-order valence-electron chi connectivity index (χ0n) is 14.1. The zero-order chi connectivity index (χ0) is 16.8. The SMILES string of the molecule is CCOc1c(/C=N/c2ccc(C)cc2)cccc1-c1ccccc1. The Bertz CT molecular complexity index is 820. The molecule has 0 aliphatic rings. The van der Waals surface area contributed by atoms with Gasteiger partial charge in [-0.15, -0.1) is 0 Å². The van der Waals surface area contributed by atoms with Crippen LogP contribution >= 0.6 is 0 Å². The second-order valence-corrected chi connectivity index (χ2v) is 5.62. The van der Waals surface area contributed by atoms with Crippen LogP contribution in [0.3, 0.4) is 0 Å². The van der Waals surface area contributed by atoms with Gasteiger partial charge in [0.05, 0.1) is 12.3 Å². The second-order valence-electron chi connectivity index (χ2n) is 5.62. The maximum atomic E-state index is 5.94. The molecule has 3 aromatic rings. The Balaban J connectivity index is 1.99. The highest BCUT2D eigenvalue weighted by Gasteiger charge is 2.10. The number of rotatable bonds is 5. The predicted octanol–water partition coefficient (Wildman–Crippen LogP) is 5.81. The molecule has 2 nitrogen and oxygen atoms in total. The van der Waals surface area contributed by atoms with Crippen molar-refractivity contribution in [1.29, 1.82) is 0 Å². The molecule has 0 bridgehead atoms. The molecule has 0 aliphatic heterocycles. The molecule has 0 N–H and O–H groups in total. The molecule has 0 atom stereocenters. The van der Waals surface area contributed by atoms with Crippen molar-refractivity contribution in [1.82, 2.24) is 0 Å². The lowest BCUT2D eigenvalue weighted by atomic mass is 10.0. The van der Waals surface area contributed by atoms with Gasteiger partial charge in [0.1, 0.15) is 5.75 Å². The molecule has 24 heavy (non-hydrogen) atoms.